The number of alkyl halides is 3. The zero-order valence-corrected chi connectivity index (χ0v) is 24.2. The van der Waals surface area contributed by atoms with Crippen LogP contribution in [0.25, 0.3) is 16.7 Å². The van der Waals surface area contributed by atoms with Gasteiger partial charge in [-0.15, -0.1) is 0 Å². The molecule has 220 valence electrons. The molecule has 0 bridgehead atoms. The molecule has 0 spiro atoms. The minimum atomic E-state index is -4.45. The molecule has 1 fully saturated rings. The van der Waals surface area contributed by atoms with Gasteiger partial charge >= 0.3 is 6.18 Å². The first-order chi connectivity index (χ1) is 19.5. The molecular formula is C30H36F4N6O. The second-order valence-electron chi connectivity index (χ2n) is 9.22. The number of imidazole rings is 1. The van der Waals surface area contributed by atoms with Crippen molar-refractivity contribution < 1.29 is 22.4 Å². The van der Waals surface area contributed by atoms with Crippen LogP contribution in [-0.2, 0) is 17.5 Å². The average Bonchev–Trinajstić information content (AvgIpc) is 3.43. The van der Waals surface area contributed by atoms with Crippen molar-refractivity contribution in [1.82, 2.24) is 19.3 Å². The molecule has 5 rings (SSSR count). The van der Waals surface area contributed by atoms with Gasteiger partial charge in [0.1, 0.15) is 11.6 Å². The highest BCUT2D eigenvalue weighted by Crippen LogP contribution is 2.34. The van der Waals surface area contributed by atoms with E-state index in [2.05, 4.69) is 15.3 Å². The van der Waals surface area contributed by atoms with Crippen LogP contribution in [0.2, 0.25) is 0 Å². The Labute approximate surface area is 237 Å². The SMILES string of the molecule is C/C=C\C.CC.Cc1c(CNc2nc3nccn3c3cc(F)c(N4CCN(C)C(=O)C4)cc23)cccc1C(F)(F)F. The van der Waals surface area contributed by atoms with E-state index in [1.54, 1.807) is 39.6 Å². The molecular weight excluding hydrogens is 536 g/mol. The third-order valence-electron chi connectivity index (χ3n) is 6.74. The quantitative estimate of drug-likeness (QED) is 0.214. The van der Waals surface area contributed by atoms with E-state index in [1.807, 2.05) is 39.8 Å². The van der Waals surface area contributed by atoms with E-state index in [0.717, 1.165) is 6.07 Å². The van der Waals surface area contributed by atoms with Crippen LogP contribution in [-0.4, -0.2) is 51.9 Å². The van der Waals surface area contributed by atoms with Gasteiger partial charge in [0.25, 0.3) is 0 Å². The molecule has 0 radical (unpaired) electrons. The number of nitrogens with zero attached hydrogens (tertiary/aromatic N) is 5. The Hall–Kier alpha value is -4.15. The number of hydrogen-bond donors (Lipinski definition) is 1. The number of amides is 1. The molecule has 2 aromatic heterocycles. The van der Waals surface area contributed by atoms with Crippen molar-refractivity contribution in [1.29, 1.82) is 0 Å². The van der Waals surface area contributed by atoms with Crippen molar-refractivity contribution in [3.05, 3.63) is 77.4 Å². The Morgan fingerprint density at radius 2 is 1.80 bits per heavy atom. The number of anilines is 2. The number of piperazine rings is 1. The van der Waals surface area contributed by atoms with E-state index < -0.39 is 17.6 Å². The predicted octanol–water partition coefficient (Wildman–Crippen LogP) is 6.85. The Balaban J connectivity index is 0.000000710. The molecule has 11 heteroatoms. The van der Waals surface area contributed by atoms with E-state index in [4.69, 9.17) is 0 Å². The highest BCUT2D eigenvalue weighted by molar-refractivity contribution is 5.94. The van der Waals surface area contributed by atoms with Crippen LogP contribution >= 0.6 is 0 Å². The van der Waals surface area contributed by atoms with Crippen LogP contribution in [0.4, 0.5) is 29.1 Å². The summed E-state index contributed by atoms with van der Waals surface area (Å²) in [6, 6.07) is 7.03. The lowest BCUT2D eigenvalue weighted by molar-refractivity contribution is -0.138. The summed E-state index contributed by atoms with van der Waals surface area (Å²) < 4.78 is 56.9. The van der Waals surface area contributed by atoms with Gasteiger partial charge in [-0.1, -0.05) is 38.1 Å². The summed E-state index contributed by atoms with van der Waals surface area (Å²) in [5.41, 5.74) is 0.657. The Kier molecular flexibility index (Phi) is 10.3. The summed E-state index contributed by atoms with van der Waals surface area (Å²) >= 11 is 0. The number of aromatic nitrogens is 3. The molecule has 0 aliphatic carbocycles. The van der Waals surface area contributed by atoms with E-state index >= 15 is 4.39 Å². The van der Waals surface area contributed by atoms with Crippen molar-refractivity contribution in [2.75, 3.05) is 36.9 Å². The number of halogens is 4. The largest absolute Gasteiger partial charge is 0.416 e. The number of carbonyl (C=O) groups excluding carboxylic acids is 1. The summed E-state index contributed by atoms with van der Waals surface area (Å²) in [5.74, 6) is 0.0768. The van der Waals surface area contributed by atoms with E-state index in [-0.39, 0.29) is 30.2 Å². The number of rotatable bonds is 4. The fourth-order valence-corrected chi connectivity index (χ4v) is 4.37. The number of nitrogens with one attached hydrogen (secondary N) is 1. The number of hydrogen-bond acceptors (Lipinski definition) is 5. The first-order valence-electron chi connectivity index (χ1n) is 13.5. The van der Waals surface area contributed by atoms with Crippen LogP contribution in [0.5, 0.6) is 0 Å². The van der Waals surface area contributed by atoms with Crippen molar-refractivity contribution in [3.63, 3.8) is 0 Å². The molecule has 1 aliphatic rings. The number of carbonyl (C=O) groups is 1. The first kappa shape index (κ1) is 31.4. The van der Waals surface area contributed by atoms with Gasteiger partial charge in [0, 0.05) is 50.5 Å². The second kappa shape index (κ2) is 13.5. The molecule has 4 aromatic rings. The summed E-state index contributed by atoms with van der Waals surface area (Å²) in [6.07, 6.45) is 2.74. The smallest absolute Gasteiger partial charge is 0.365 e. The number of likely N-dealkylation sites (N-methyl/N-ethyl adjacent to an activating group) is 1. The third kappa shape index (κ3) is 6.96. The maximum Gasteiger partial charge on any atom is 0.416 e. The summed E-state index contributed by atoms with van der Waals surface area (Å²) in [6.45, 7) is 10.5. The van der Waals surface area contributed by atoms with Crippen LogP contribution < -0.4 is 10.2 Å². The Morgan fingerprint density at radius 3 is 2.44 bits per heavy atom. The molecule has 1 aliphatic heterocycles. The summed E-state index contributed by atoms with van der Waals surface area (Å²) in [4.78, 5) is 24.2. The average molecular weight is 573 g/mol. The van der Waals surface area contributed by atoms with E-state index in [1.165, 1.54) is 25.3 Å². The molecule has 1 amide bonds. The highest BCUT2D eigenvalue weighted by Gasteiger charge is 2.32. The van der Waals surface area contributed by atoms with Crippen molar-refractivity contribution >= 4 is 34.1 Å². The van der Waals surface area contributed by atoms with Crippen molar-refractivity contribution in [2.24, 2.45) is 0 Å². The second-order valence-corrected chi connectivity index (χ2v) is 9.22. The standard InChI is InChI=1S/C24H22F4N6O.C4H8.C2H6/c1-14-15(4-3-5-17(14)24(26,27)28)12-30-22-16-10-20(33-9-8-32(2)21(35)13-33)18(25)11-19(16)34-7-6-29-23(34)31-22;1-3-4-2;1-2/h3-7,10-11H,8-9,12-13H2,1-2H3,(H,29,30,31);3-4H,1-2H3;1-2H3/b;4-3-;. The topological polar surface area (TPSA) is 65.8 Å². The van der Waals surface area contributed by atoms with Gasteiger partial charge < -0.3 is 15.1 Å². The zero-order chi connectivity index (χ0) is 30.3. The molecule has 3 heterocycles. The minimum absolute atomic E-state index is 0.0475. The van der Waals surface area contributed by atoms with Gasteiger partial charge in [-0.25, -0.2) is 9.37 Å². The Bertz CT molecular complexity index is 1530. The van der Waals surface area contributed by atoms with Gasteiger partial charge in [0.15, 0.2) is 0 Å². The van der Waals surface area contributed by atoms with Crippen LogP contribution in [0.3, 0.4) is 0 Å². The molecule has 1 N–H and O–H groups in total. The molecule has 0 saturated carbocycles. The zero-order valence-electron chi connectivity index (χ0n) is 24.2. The van der Waals surface area contributed by atoms with Crippen LogP contribution in [0, 0.1) is 12.7 Å². The first-order valence-corrected chi connectivity index (χ1v) is 13.5. The Morgan fingerprint density at radius 1 is 1.10 bits per heavy atom. The lowest BCUT2D eigenvalue weighted by Crippen LogP contribution is -2.48. The molecule has 0 atom stereocenters. The monoisotopic (exact) mass is 572 g/mol. The van der Waals surface area contributed by atoms with Gasteiger partial charge in [-0.05, 0) is 44.0 Å². The molecule has 2 aromatic carbocycles. The normalized spacial score (nSPS) is 13.8. The molecule has 7 nitrogen and oxygen atoms in total. The number of allylic oxidation sites excluding steroid dienone is 2. The highest BCUT2D eigenvalue weighted by atomic mass is 19.4. The van der Waals surface area contributed by atoms with E-state index in [0.29, 0.717) is 41.2 Å². The van der Waals surface area contributed by atoms with Gasteiger partial charge in [0.2, 0.25) is 11.7 Å². The fourth-order valence-electron chi connectivity index (χ4n) is 4.37. The molecule has 0 unspecified atom stereocenters. The molecule has 41 heavy (non-hydrogen) atoms. The lowest BCUT2D eigenvalue weighted by Gasteiger charge is -2.33. The summed E-state index contributed by atoms with van der Waals surface area (Å²) in [5, 5.41) is 3.68. The fraction of sp³-hybridized carbons (Fsp3) is 0.367. The minimum Gasteiger partial charge on any atom is -0.365 e. The third-order valence-corrected chi connectivity index (χ3v) is 6.74. The lowest BCUT2D eigenvalue weighted by atomic mass is 10.0. The van der Waals surface area contributed by atoms with Crippen LogP contribution in [0.1, 0.15) is 44.4 Å². The van der Waals surface area contributed by atoms with Gasteiger partial charge in [-0.3, -0.25) is 9.20 Å². The van der Waals surface area contributed by atoms with Gasteiger partial charge in [-0.2, -0.15) is 18.2 Å². The number of fused-ring (bicyclic) bond motifs is 3. The van der Waals surface area contributed by atoms with Gasteiger partial charge in [0.05, 0.1) is 23.3 Å². The van der Waals surface area contributed by atoms with E-state index in [9.17, 15) is 18.0 Å². The van der Waals surface area contributed by atoms with Crippen molar-refractivity contribution in [3.8, 4) is 0 Å². The van der Waals surface area contributed by atoms with Crippen LogP contribution in [0.15, 0.2) is 54.9 Å². The summed E-state index contributed by atoms with van der Waals surface area (Å²) in [7, 11) is 1.70. The van der Waals surface area contributed by atoms with Crippen molar-refractivity contribution in [2.45, 2.75) is 47.3 Å². The predicted molar refractivity (Wildman–Crippen MR) is 156 cm³/mol. The maximum atomic E-state index is 15.2. The maximum absolute atomic E-state index is 15.2. The molecule has 1 saturated heterocycles. The number of benzene rings is 2.